The predicted molar refractivity (Wildman–Crippen MR) is 83.7 cm³/mol. The number of nitrogens with two attached hydrogens (primary N) is 1. The summed E-state index contributed by atoms with van der Waals surface area (Å²) in [5.74, 6) is 0. The van der Waals surface area contributed by atoms with Gasteiger partial charge in [-0.15, -0.1) is 0 Å². The molecule has 0 atom stereocenters. The number of hydrogen-bond acceptors (Lipinski definition) is 3. The molecule has 1 aromatic carbocycles. The van der Waals surface area contributed by atoms with E-state index in [-0.39, 0.29) is 16.1 Å². The third kappa shape index (κ3) is 3.79. The molecule has 0 amide bonds. The molecule has 0 heterocycles. The van der Waals surface area contributed by atoms with Gasteiger partial charge in [-0.25, -0.2) is 0 Å². The average Bonchev–Trinajstić information content (AvgIpc) is 2.37. The fraction of sp³-hybridized carbons (Fsp3) is 0.600. The molecule has 0 aliphatic heterocycles. The first kappa shape index (κ1) is 15.4. The summed E-state index contributed by atoms with van der Waals surface area (Å²) < 4.78 is 0.580. The van der Waals surface area contributed by atoms with Crippen LogP contribution in [0.4, 0.5) is 5.69 Å². The SMILES string of the molecule is NC1(Cc2cccc([N+](=O)[O-])c2Br)CCCCCCC1. The molecule has 1 aliphatic rings. The molecule has 0 radical (unpaired) electrons. The van der Waals surface area contributed by atoms with Crippen LogP contribution in [0.2, 0.25) is 0 Å². The highest BCUT2D eigenvalue weighted by Gasteiger charge is 2.28. The van der Waals surface area contributed by atoms with Crippen LogP contribution in [0.5, 0.6) is 0 Å². The molecular formula is C15H21BrN2O2. The second-order valence-corrected chi connectivity index (χ2v) is 6.61. The third-order valence-corrected chi connectivity index (χ3v) is 5.06. The number of rotatable bonds is 3. The Balaban J connectivity index is 2.19. The summed E-state index contributed by atoms with van der Waals surface area (Å²) in [6.07, 6.45) is 8.81. The Hall–Kier alpha value is -0.940. The van der Waals surface area contributed by atoms with Gasteiger partial charge in [-0.3, -0.25) is 10.1 Å². The van der Waals surface area contributed by atoms with Crippen molar-refractivity contribution in [3.63, 3.8) is 0 Å². The third-order valence-electron chi connectivity index (χ3n) is 4.15. The fourth-order valence-electron chi connectivity index (χ4n) is 3.01. The van der Waals surface area contributed by atoms with Crippen molar-refractivity contribution in [1.82, 2.24) is 0 Å². The highest BCUT2D eigenvalue weighted by atomic mass is 79.9. The maximum atomic E-state index is 11.0. The minimum absolute atomic E-state index is 0.122. The molecule has 4 nitrogen and oxygen atoms in total. The van der Waals surface area contributed by atoms with Crippen LogP contribution in [-0.2, 0) is 6.42 Å². The summed E-state index contributed by atoms with van der Waals surface area (Å²) >= 11 is 3.37. The standard InChI is InChI=1S/C15H21BrN2O2/c16-14-12(7-6-8-13(14)18(19)20)11-15(17)9-4-2-1-3-5-10-15/h6-8H,1-5,9-11,17H2. The average molecular weight is 341 g/mol. The predicted octanol–water partition coefficient (Wildman–Crippen LogP) is 4.34. The van der Waals surface area contributed by atoms with Crippen molar-refractivity contribution in [2.24, 2.45) is 5.73 Å². The molecule has 0 unspecified atom stereocenters. The van der Waals surface area contributed by atoms with Crippen LogP contribution in [0.3, 0.4) is 0 Å². The smallest absolute Gasteiger partial charge is 0.283 e. The summed E-state index contributed by atoms with van der Waals surface area (Å²) in [5, 5.41) is 11.0. The lowest BCUT2D eigenvalue weighted by Crippen LogP contribution is -2.42. The Morgan fingerprint density at radius 1 is 1.20 bits per heavy atom. The molecular weight excluding hydrogens is 320 g/mol. The number of nitrogens with zero attached hydrogens (tertiary/aromatic N) is 1. The molecule has 110 valence electrons. The van der Waals surface area contributed by atoms with Crippen molar-refractivity contribution in [1.29, 1.82) is 0 Å². The van der Waals surface area contributed by atoms with Crippen molar-refractivity contribution in [3.05, 3.63) is 38.3 Å². The van der Waals surface area contributed by atoms with Gasteiger partial charge in [0.15, 0.2) is 0 Å². The summed E-state index contributed by atoms with van der Waals surface area (Å²) in [7, 11) is 0. The number of hydrogen-bond donors (Lipinski definition) is 1. The van der Waals surface area contributed by atoms with E-state index in [9.17, 15) is 10.1 Å². The largest absolute Gasteiger partial charge is 0.325 e. The summed E-state index contributed by atoms with van der Waals surface area (Å²) in [4.78, 5) is 10.6. The van der Waals surface area contributed by atoms with Gasteiger partial charge >= 0.3 is 0 Å². The molecule has 1 saturated carbocycles. The summed E-state index contributed by atoms with van der Waals surface area (Å²) in [6.45, 7) is 0. The van der Waals surface area contributed by atoms with Crippen LogP contribution in [0.1, 0.15) is 50.5 Å². The zero-order chi connectivity index (χ0) is 14.6. The van der Waals surface area contributed by atoms with Crippen LogP contribution < -0.4 is 5.73 Å². The first-order valence-electron chi connectivity index (χ1n) is 7.22. The van der Waals surface area contributed by atoms with Gasteiger partial charge in [0.2, 0.25) is 0 Å². The van der Waals surface area contributed by atoms with E-state index in [4.69, 9.17) is 5.73 Å². The number of nitro benzene ring substituents is 1. The zero-order valence-electron chi connectivity index (χ0n) is 11.6. The molecule has 1 fully saturated rings. The zero-order valence-corrected chi connectivity index (χ0v) is 13.2. The van der Waals surface area contributed by atoms with Crippen LogP contribution in [0.25, 0.3) is 0 Å². The molecule has 5 heteroatoms. The number of benzene rings is 1. The molecule has 0 bridgehead atoms. The Labute approximate surface area is 128 Å². The Morgan fingerprint density at radius 3 is 2.40 bits per heavy atom. The Kier molecular flexibility index (Phi) is 5.16. The van der Waals surface area contributed by atoms with E-state index >= 15 is 0 Å². The first-order chi connectivity index (χ1) is 9.52. The Bertz CT molecular complexity index is 483. The molecule has 0 spiro atoms. The van der Waals surface area contributed by atoms with Crippen molar-refractivity contribution >= 4 is 21.6 Å². The maximum absolute atomic E-state index is 11.0. The second-order valence-electron chi connectivity index (χ2n) is 5.81. The van der Waals surface area contributed by atoms with Crippen LogP contribution in [0, 0.1) is 10.1 Å². The van der Waals surface area contributed by atoms with Gasteiger partial charge in [0.05, 0.1) is 9.40 Å². The van der Waals surface area contributed by atoms with Crippen LogP contribution >= 0.6 is 15.9 Å². The first-order valence-corrected chi connectivity index (χ1v) is 8.02. The quantitative estimate of drug-likeness (QED) is 0.657. The molecule has 1 aliphatic carbocycles. The minimum atomic E-state index is -0.352. The second kappa shape index (κ2) is 6.68. The van der Waals surface area contributed by atoms with Crippen LogP contribution in [0.15, 0.2) is 22.7 Å². The highest BCUT2D eigenvalue weighted by molar-refractivity contribution is 9.10. The van der Waals surface area contributed by atoms with E-state index in [1.807, 2.05) is 6.07 Å². The summed E-state index contributed by atoms with van der Waals surface area (Å²) in [5.41, 5.74) is 7.41. The van der Waals surface area contributed by atoms with Gasteiger partial charge in [-0.05, 0) is 40.8 Å². The molecule has 20 heavy (non-hydrogen) atoms. The monoisotopic (exact) mass is 340 g/mol. The molecule has 0 aromatic heterocycles. The van der Waals surface area contributed by atoms with E-state index in [0.29, 0.717) is 10.9 Å². The van der Waals surface area contributed by atoms with Crippen molar-refractivity contribution < 1.29 is 4.92 Å². The van der Waals surface area contributed by atoms with Gasteiger partial charge in [0.25, 0.3) is 5.69 Å². The van der Waals surface area contributed by atoms with Gasteiger partial charge in [0, 0.05) is 11.6 Å². The lowest BCUT2D eigenvalue weighted by atomic mass is 9.80. The number of halogens is 1. The van der Waals surface area contributed by atoms with Crippen molar-refractivity contribution in [2.75, 3.05) is 0 Å². The highest BCUT2D eigenvalue weighted by Crippen LogP contribution is 2.33. The lowest BCUT2D eigenvalue weighted by Gasteiger charge is -2.32. The Morgan fingerprint density at radius 2 is 1.80 bits per heavy atom. The van der Waals surface area contributed by atoms with Gasteiger partial charge in [0.1, 0.15) is 0 Å². The van der Waals surface area contributed by atoms with E-state index < -0.39 is 0 Å². The van der Waals surface area contributed by atoms with Crippen molar-refractivity contribution in [3.8, 4) is 0 Å². The van der Waals surface area contributed by atoms with E-state index in [1.54, 1.807) is 6.07 Å². The number of nitro groups is 1. The minimum Gasteiger partial charge on any atom is -0.325 e. The van der Waals surface area contributed by atoms with Crippen LogP contribution in [-0.4, -0.2) is 10.5 Å². The molecule has 1 aromatic rings. The lowest BCUT2D eigenvalue weighted by molar-refractivity contribution is -0.385. The summed E-state index contributed by atoms with van der Waals surface area (Å²) in [6, 6.07) is 5.20. The fourth-order valence-corrected chi connectivity index (χ4v) is 3.56. The van der Waals surface area contributed by atoms with Crippen molar-refractivity contribution in [2.45, 2.75) is 56.9 Å². The normalized spacial score (nSPS) is 19.1. The molecule has 2 N–H and O–H groups in total. The van der Waals surface area contributed by atoms with Gasteiger partial charge in [-0.1, -0.05) is 44.2 Å². The van der Waals surface area contributed by atoms with E-state index in [1.165, 1.54) is 25.3 Å². The van der Waals surface area contributed by atoms with Gasteiger partial charge in [-0.2, -0.15) is 0 Å². The van der Waals surface area contributed by atoms with E-state index in [0.717, 1.165) is 31.2 Å². The maximum Gasteiger partial charge on any atom is 0.283 e. The molecule has 0 saturated heterocycles. The molecule has 2 rings (SSSR count). The van der Waals surface area contributed by atoms with Gasteiger partial charge < -0.3 is 5.73 Å². The van der Waals surface area contributed by atoms with E-state index in [2.05, 4.69) is 15.9 Å². The topological polar surface area (TPSA) is 69.2 Å².